The predicted octanol–water partition coefficient (Wildman–Crippen LogP) is 2.48. The highest BCUT2D eigenvalue weighted by atomic mass is 127. The highest BCUT2D eigenvalue weighted by molar-refractivity contribution is 14.0. The van der Waals surface area contributed by atoms with Crippen LogP contribution in [-0.2, 0) is 9.59 Å². The fraction of sp³-hybridized carbons (Fsp3) is 0.471. The minimum Gasteiger partial charge on any atom is -0.356 e. The number of hydrogen-bond donors (Lipinski definition) is 4. The summed E-state index contributed by atoms with van der Waals surface area (Å²) in [6.07, 6.45) is 0.283. The largest absolute Gasteiger partial charge is 0.356 e. The molecule has 0 saturated carbocycles. The van der Waals surface area contributed by atoms with Crippen molar-refractivity contribution in [2.24, 2.45) is 4.99 Å². The van der Waals surface area contributed by atoms with Gasteiger partial charge in [0.25, 0.3) is 0 Å². The lowest BCUT2D eigenvalue weighted by molar-refractivity contribution is -0.121. The summed E-state index contributed by atoms with van der Waals surface area (Å²) >= 11 is 3.35. The molecule has 2 amide bonds. The van der Waals surface area contributed by atoms with Gasteiger partial charge in [0, 0.05) is 35.7 Å². The molecule has 0 saturated heterocycles. The summed E-state index contributed by atoms with van der Waals surface area (Å²) in [5, 5.41) is 11.6. The Morgan fingerprint density at radius 3 is 2.23 bits per heavy atom. The van der Waals surface area contributed by atoms with Crippen molar-refractivity contribution in [2.45, 2.75) is 32.7 Å². The third-order valence-electron chi connectivity index (χ3n) is 2.93. The summed E-state index contributed by atoms with van der Waals surface area (Å²) in [7, 11) is 1.61. The average Bonchev–Trinajstić information content (AvgIpc) is 2.51. The maximum Gasteiger partial charge on any atom is 0.239 e. The van der Waals surface area contributed by atoms with Gasteiger partial charge in [-0.1, -0.05) is 15.9 Å². The molecule has 1 aromatic carbocycles. The van der Waals surface area contributed by atoms with Crippen molar-refractivity contribution in [3.05, 3.63) is 28.7 Å². The van der Waals surface area contributed by atoms with Crippen LogP contribution in [0, 0.1) is 0 Å². The zero-order chi connectivity index (χ0) is 18.9. The first kappa shape index (κ1) is 24.6. The first-order valence-corrected chi connectivity index (χ1v) is 8.80. The molecular formula is C17H27BrIN5O2. The SMILES string of the molecule is CN=C(NCCC(=O)Nc1ccc(Br)cc1)NCC(=O)NC(C)(C)C.I. The molecule has 146 valence electrons. The third-order valence-corrected chi connectivity index (χ3v) is 3.46. The molecule has 0 heterocycles. The lowest BCUT2D eigenvalue weighted by atomic mass is 10.1. The van der Waals surface area contributed by atoms with Crippen molar-refractivity contribution in [3.8, 4) is 0 Å². The van der Waals surface area contributed by atoms with Crippen molar-refractivity contribution >= 4 is 63.4 Å². The van der Waals surface area contributed by atoms with Gasteiger partial charge in [0.1, 0.15) is 0 Å². The van der Waals surface area contributed by atoms with E-state index < -0.39 is 0 Å². The van der Waals surface area contributed by atoms with Gasteiger partial charge < -0.3 is 21.3 Å². The summed E-state index contributed by atoms with van der Waals surface area (Å²) in [6, 6.07) is 7.37. The van der Waals surface area contributed by atoms with Crippen LogP contribution in [0.3, 0.4) is 0 Å². The van der Waals surface area contributed by atoms with Crippen LogP contribution in [0.25, 0.3) is 0 Å². The Morgan fingerprint density at radius 2 is 1.69 bits per heavy atom. The first-order valence-electron chi connectivity index (χ1n) is 8.00. The van der Waals surface area contributed by atoms with E-state index in [1.54, 1.807) is 7.05 Å². The Hall–Kier alpha value is -1.36. The van der Waals surface area contributed by atoms with E-state index in [1.165, 1.54) is 0 Å². The van der Waals surface area contributed by atoms with Crippen LogP contribution in [0.5, 0.6) is 0 Å². The number of aliphatic imine (C=N–C) groups is 1. The predicted molar refractivity (Wildman–Crippen MR) is 120 cm³/mol. The van der Waals surface area contributed by atoms with E-state index in [0.717, 1.165) is 10.2 Å². The molecule has 9 heteroatoms. The molecule has 4 N–H and O–H groups in total. The van der Waals surface area contributed by atoms with Crippen LogP contribution in [0.2, 0.25) is 0 Å². The van der Waals surface area contributed by atoms with Gasteiger partial charge in [0.05, 0.1) is 6.54 Å². The Balaban J connectivity index is 0.00000625. The van der Waals surface area contributed by atoms with Gasteiger partial charge in [-0.3, -0.25) is 14.6 Å². The number of hydrogen-bond acceptors (Lipinski definition) is 3. The summed E-state index contributed by atoms with van der Waals surface area (Å²) in [5.74, 6) is 0.250. The van der Waals surface area contributed by atoms with Crippen LogP contribution >= 0.6 is 39.9 Å². The van der Waals surface area contributed by atoms with Crippen molar-refractivity contribution in [2.75, 3.05) is 25.5 Å². The second-order valence-corrected chi connectivity index (χ2v) is 7.37. The van der Waals surface area contributed by atoms with E-state index in [9.17, 15) is 9.59 Å². The van der Waals surface area contributed by atoms with Crippen LogP contribution in [-0.4, -0.2) is 43.5 Å². The quantitative estimate of drug-likeness (QED) is 0.254. The third kappa shape index (κ3) is 11.3. The van der Waals surface area contributed by atoms with Crippen LogP contribution in [0.1, 0.15) is 27.2 Å². The molecule has 0 aliphatic heterocycles. The van der Waals surface area contributed by atoms with Gasteiger partial charge in [0.15, 0.2) is 5.96 Å². The summed E-state index contributed by atoms with van der Waals surface area (Å²) in [4.78, 5) is 27.7. The van der Waals surface area contributed by atoms with E-state index in [2.05, 4.69) is 42.2 Å². The molecular weight excluding hydrogens is 513 g/mol. The first-order chi connectivity index (χ1) is 11.7. The van der Waals surface area contributed by atoms with Gasteiger partial charge in [0.2, 0.25) is 11.8 Å². The van der Waals surface area contributed by atoms with E-state index in [1.807, 2.05) is 45.0 Å². The number of amides is 2. The molecule has 0 unspecified atom stereocenters. The molecule has 0 atom stereocenters. The highest BCUT2D eigenvalue weighted by Crippen LogP contribution is 2.14. The molecule has 0 aliphatic carbocycles. The second kappa shape index (κ2) is 12.1. The number of rotatable bonds is 6. The number of nitrogens with zero attached hydrogens (tertiary/aromatic N) is 1. The second-order valence-electron chi connectivity index (χ2n) is 6.46. The molecule has 0 aliphatic rings. The summed E-state index contributed by atoms with van der Waals surface area (Å²) in [5.41, 5.74) is 0.468. The number of anilines is 1. The standard InChI is InChI=1S/C17H26BrN5O2.HI/c1-17(2,3)23-15(25)11-21-16(19-4)20-10-9-14(24)22-13-7-5-12(18)6-8-13;/h5-8H,9-11H2,1-4H3,(H,22,24)(H,23,25)(H2,19,20,21);1H. The zero-order valence-corrected chi connectivity index (χ0v) is 19.4. The van der Waals surface area contributed by atoms with Crippen LogP contribution < -0.4 is 21.3 Å². The molecule has 7 nitrogen and oxygen atoms in total. The molecule has 1 rings (SSSR count). The average molecular weight is 540 g/mol. The van der Waals surface area contributed by atoms with Crippen LogP contribution in [0.4, 0.5) is 5.69 Å². The fourth-order valence-corrected chi connectivity index (χ4v) is 2.16. The van der Waals surface area contributed by atoms with Crippen molar-refractivity contribution in [1.82, 2.24) is 16.0 Å². The van der Waals surface area contributed by atoms with Crippen molar-refractivity contribution in [1.29, 1.82) is 0 Å². The van der Waals surface area contributed by atoms with Crippen molar-refractivity contribution < 1.29 is 9.59 Å². The number of guanidine groups is 1. The number of benzene rings is 1. The molecule has 0 spiro atoms. The van der Waals surface area contributed by atoms with E-state index >= 15 is 0 Å². The van der Waals surface area contributed by atoms with Crippen LogP contribution in [0.15, 0.2) is 33.7 Å². The number of carbonyl (C=O) groups excluding carboxylic acids is 2. The van der Waals surface area contributed by atoms with Gasteiger partial charge >= 0.3 is 0 Å². The zero-order valence-electron chi connectivity index (χ0n) is 15.5. The minimum absolute atomic E-state index is 0. The molecule has 26 heavy (non-hydrogen) atoms. The van der Waals surface area contributed by atoms with Crippen molar-refractivity contribution in [3.63, 3.8) is 0 Å². The van der Waals surface area contributed by atoms with Gasteiger partial charge in [-0.25, -0.2) is 0 Å². The van der Waals surface area contributed by atoms with Gasteiger partial charge in [-0.2, -0.15) is 0 Å². The van der Waals surface area contributed by atoms with Gasteiger partial charge in [-0.15, -0.1) is 24.0 Å². The van der Waals surface area contributed by atoms with E-state index in [0.29, 0.717) is 12.5 Å². The van der Waals surface area contributed by atoms with Gasteiger partial charge in [-0.05, 0) is 45.0 Å². The molecule has 0 bridgehead atoms. The Labute approximate surface area is 180 Å². The smallest absolute Gasteiger partial charge is 0.239 e. The number of carbonyl (C=O) groups is 2. The van der Waals surface area contributed by atoms with E-state index in [-0.39, 0.29) is 54.3 Å². The molecule has 0 aromatic heterocycles. The Morgan fingerprint density at radius 1 is 1.08 bits per heavy atom. The lowest BCUT2D eigenvalue weighted by Gasteiger charge is -2.21. The van der Waals surface area contributed by atoms with E-state index in [4.69, 9.17) is 0 Å². The topological polar surface area (TPSA) is 94.6 Å². The Bertz CT molecular complexity index is 615. The summed E-state index contributed by atoms with van der Waals surface area (Å²) in [6.45, 7) is 6.27. The molecule has 0 fully saturated rings. The Kier molecular flexibility index (Phi) is 11.5. The monoisotopic (exact) mass is 539 g/mol. The normalized spacial score (nSPS) is 11.2. The number of nitrogens with one attached hydrogen (secondary N) is 4. The lowest BCUT2D eigenvalue weighted by Crippen LogP contribution is -2.48. The molecule has 1 aromatic rings. The highest BCUT2D eigenvalue weighted by Gasteiger charge is 2.13. The maximum absolute atomic E-state index is 11.9. The number of halogens is 2. The summed E-state index contributed by atoms with van der Waals surface area (Å²) < 4.78 is 0.956. The fourth-order valence-electron chi connectivity index (χ4n) is 1.90. The maximum atomic E-state index is 11.9. The molecule has 0 radical (unpaired) electrons. The minimum atomic E-state index is -0.277.